The van der Waals surface area contributed by atoms with Gasteiger partial charge in [-0.05, 0) is 18.9 Å². The Morgan fingerprint density at radius 2 is 2.25 bits per heavy atom. The van der Waals surface area contributed by atoms with Crippen LogP contribution in [-0.4, -0.2) is 9.78 Å². The van der Waals surface area contributed by atoms with Crippen LogP contribution >= 0.6 is 0 Å². The first-order valence-electron chi connectivity index (χ1n) is 3.96. The van der Waals surface area contributed by atoms with Crippen LogP contribution in [-0.2, 0) is 12.6 Å². The van der Waals surface area contributed by atoms with Crippen LogP contribution in [0.15, 0.2) is 16.9 Å². The van der Waals surface area contributed by atoms with E-state index < -0.39 is 0 Å². The maximum Gasteiger partial charge on any atom is 0.266 e. The van der Waals surface area contributed by atoms with Gasteiger partial charge in [0, 0.05) is 13.1 Å². The third kappa shape index (κ3) is 1.04. The van der Waals surface area contributed by atoms with Crippen LogP contribution in [0.1, 0.15) is 18.5 Å². The number of hydrogen-bond donors (Lipinski definition) is 1. The van der Waals surface area contributed by atoms with Gasteiger partial charge in [-0.15, -0.1) is 0 Å². The van der Waals surface area contributed by atoms with E-state index in [1.807, 2.05) is 0 Å². The lowest BCUT2D eigenvalue weighted by Gasteiger charge is -2.07. The van der Waals surface area contributed by atoms with Crippen molar-refractivity contribution < 1.29 is 0 Å². The molecular weight excluding hydrogens is 154 g/mol. The van der Waals surface area contributed by atoms with Crippen LogP contribution in [0.5, 0.6) is 0 Å². The average Bonchev–Trinajstić information content (AvgIpc) is 2.75. The van der Waals surface area contributed by atoms with Gasteiger partial charge < -0.3 is 5.73 Å². The number of nitrogens with zero attached hydrogens (tertiary/aromatic N) is 2. The van der Waals surface area contributed by atoms with Gasteiger partial charge in [-0.3, -0.25) is 4.79 Å². The highest BCUT2D eigenvalue weighted by atomic mass is 16.1. The van der Waals surface area contributed by atoms with Crippen molar-refractivity contribution in [1.29, 1.82) is 0 Å². The second-order valence-corrected chi connectivity index (χ2v) is 3.34. The fourth-order valence-corrected chi connectivity index (χ4v) is 1.16. The van der Waals surface area contributed by atoms with Gasteiger partial charge in [0.25, 0.3) is 5.56 Å². The summed E-state index contributed by atoms with van der Waals surface area (Å²) in [5, 5.41) is 4.09. The van der Waals surface area contributed by atoms with Crippen molar-refractivity contribution in [3.8, 4) is 0 Å². The van der Waals surface area contributed by atoms with E-state index in [1.165, 1.54) is 10.7 Å². The summed E-state index contributed by atoms with van der Waals surface area (Å²) in [6.45, 7) is 0. The monoisotopic (exact) mass is 165 g/mol. The molecule has 2 rings (SSSR count). The number of hydrogen-bond acceptors (Lipinski definition) is 3. The van der Waals surface area contributed by atoms with Gasteiger partial charge in [0.15, 0.2) is 0 Å². The van der Waals surface area contributed by atoms with Gasteiger partial charge >= 0.3 is 0 Å². The number of aromatic nitrogens is 2. The minimum atomic E-state index is -0.245. The minimum Gasteiger partial charge on any atom is -0.320 e. The Balaban J connectivity index is 2.48. The number of rotatable bonds is 1. The van der Waals surface area contributed by atoms with Crippen LogP contribution in [0.3, 0.4) is 0 Å². The van der Waals surface area contributed by atoms with Crippen molar-refractivity contribution in [1.82, 2.24) is 9.78 Å². The Labute approximate surface area is 70.0 Å². The van der Waals surface area contributed by atoms with E-state index in [2.05, 4.69) is 5.10 Å². The molecule has 1 aliphatic carbocycles. The smallest absolute Gasteiger partial charge is 0.266 e. The molecule has 64 valence electrons. The Bertz CT molecular complexity index is 365. The molecule has 1 aliphatic rings. The molecule has 1 aromatic heterocycles. The molecule has 4 heteroatoms. The summed E-state index contributed by atoms with van der Waals surface area (Å²) in [5.41, 5.74) is 6.39. The molecule has 0 radical (unpaired) electrons. The highest BCUT2D eigenvalue weighted by Crippen LogP contribution is 2.40. The zero-order chi connectivity index (χ0) is 8.77. The molecule has 1 heterocycles. The van der Waals surface area contributed by atoms with E-state index in [-0.39, 0.29) is 11.1 Å². The second kappa shape index (κ2) is 2.17. The van der Waals surface area contributed by atoms with Gasteiger partial charge in [0.2, 0.25) is 0 Å². The van der Waals surface area contributed by atoms with Gasteiger partial charge in [0.1, 0.15) is 0 Å². The molecule has 1 fully saturated rings. The lowest BCUT2D eigenvalue weighted by molar-refractivity contribution is 0.614. The predicted molar refractivity (Wildman–Crippen MR) is 44.6 cm³/mol. The fourth-order valence-electron chi connectivity index (χ4n) is 1.16. The third-order valence-corrected chi connectivity index (χ3v) is 2.26. The van der Waals surface area contributed by atoms with Crippen LogP contribution in [0.2, 0.25) is 0 Å². The Morgan fingerprint density at radius 3 is 2.75 bits per heavy atom. The largest absolute Gasteiger partial charge is 0.320 e. The zero-order valence-corrected chi connectivity index (χ0v) is 6.95. The SMILES string of the molecule is Cn1nc(C2(N)CC2)ccc1=O. The average molecular weight is 165 g/mol. The molecule has 1 aromatic rings. The Hall–Kier alpha value is -1.16. The number of nitrogens with two attached hydrogens (primary N) is 1. The van der Waals surface area contributed by atoms with Crippen LogP contribution < -0.4 is 11.3 Å². The summed E-state index contributed by atoms with van der Waals surface area (Å²) < 4.78 is 1.32. The molecule has 0 aromatic carbocycles. The zero-order valence-electron chi connectivity index (χ0n) is 6.95. The lowest BCUT2D eigenvalue weighted by Crippen LogP contribution is -2.27. The molecule has 1 saturated carbocycles. The topological polar surface area (TPSA) is 60.9 Å². The molecule has 0 bridgehead atoms. The third-order valence-electron chi connectivity index (χ3n) is 2.26. The molecule has 12 heavy (non-hydrogen) atoms. The summed E-state index contributed by atoms with van der Waals surface area (Å²) >= 11 is 0. The first-order chi connectivity index (χ1) is 5.62. The van der Waals surface area contributed by atoms with Crippen molar-refractivity contribution >= 4 is 0 Å². The first-order valence-corrected chi connectivity index (χ1v) is 3.96. The van der Waals surface area contributed by atoms with E-state index in [9.17, 15) is 4.79 Å². The van der Waals surface area contributed by atoms with E-state index in [1.54, 1.807) is 13.1 Å². The molecule has 0 saturated heterocycles. The standard InChI is InChI=1S/C8H11N3O/c1-11-7(12)3-2-6(10-11)8(9)4-5-8/h2-3H,4-5,9H2,1H3. The summed E-state index contributed by atoms with van der Waals surface area (Å²) in [5.74, 6) is 0. The molecule has 4 nitrogen and oxygen atoms in total. The number of aryl methyl sites for hydroxylation is 1. The Morgan fingerprint density at radius 1 is 1.58 bits per heavy atom. The van der Waals surface area contributed by atoms with Crippen molar-refractivity contribution in [2.75, 3.05) is 0 Å². The molecule has 0 unspecified atom stereocenters. The molecule has 0 atom stereocenters. The van der Waals surface area contributed by atoms with Crippen molar-refractivity contribution in [3.05, 3.63) is 28.2 Å². The van der Waals surface area contributed by atoms with Gasteiger partial charge in [-0.25, -0.2) is 4.68 Å². The van der Waals surface area contributed by atoms with Crippen molar-refractivity contribution in [2.45, 2.75) is 18.4 Å². The highest BCUT2D eigenvalue weighted by molar-refractivity contribution is 5.20. The summed E-state index contributed by atoms with van der Waals surface area (Å²) in [6.07, 6.45) is 1.94. The summed E-state index contributed by atoms with van der Waals surface area (Å²) in [4.78, 5) is 11.0. The summed E-state index contributed by atoms with van der Waals surface area (Å²) in [7, 11) is 1.64. The quantitative estimate of drug-likeness (QED) is 0.623. The molecular formula is C8H11N3O. The Kier molecular flexibility index (Phi) is 1.35. The molecule has 0 aliphatic heterocycles. The highest BCUT2D eigenvalue weighted by Gasteiger charge is 2.41. The van der Waals surface area contributed by atoms with E-state index in [0.717, 1.165) is 18.5 Å². The maximum absolute atomic E-state index is 11.0. The second-order valence-electron chi connectivity index (χ2n) is 3.34. The normalized spacial score (nSPS) is 19.2. The fraction of sp³-hybridized carbons (Fsp3) is 0.500. The van der Waals surface area contributed by atoms with Gasteiger partial charge in [-0.2, -0.15) is 5.10 Å². The van der Waals surface area contributed by atoms with Gasteiger partial charge in [-0.1, -0.05) is 0 Å². The van der Waals surface area contributed by atoms with Crippen molar-refractivity contribution in [2.24, 2.45) is 12.8 Å². The van der Waals surface area contributed by atoms with E-state index >= 15 is 0 Å². The van der Waals surface area contributed by atoms with Crippen molar-refractivity contribution in [3.63, 3.8) is 0 Å². The first kappa shape index (κ1) is 7.49. The van der Waals surface area contributed by atoms with Gasteiger partial charge in [0.05, 0.1) is 11.2 Å². The van der Waals surface area contributed by atoms with Crippen LogP contribution in [0, 0.1) is 0 Å². The van der Waals surface area contributed by atoms with Crippen LogP contribution in [0.4, 0.5) is 0 Å². The van der Waals surface area contributed by atoms with E-state index in [4.69, 9.17) is 5.73 Å². The molecule has 2 N–H and O–H groups in total. The molecule has 0 spiro atoms. The minimum absolute atomic E-state index is 0.0944. The summed E-state index contributed by atoms with van der Waals surface area (Å²) in [6, 6.07) is 3.23. The predicted octanol–water partition coefficient (Wildman–Crippen LogP) is -0.272. The molecule has 0 amide bonds. The maximum atomic E-state index is 11.0. The lowest BCUT2D eigenvalue weighted by atomic mass is 10.2. The van der Waals surface area contributed by atoms with Crippen LogP contribution in [0.25, 0.3) is 0 Å². The van der Waals surface area contributed by atoms with E-state index in [0.29, 0.717) is 0 Å².